The Labute approximate surface area is 140 Å². The Morgan fingerprint density at radius 3 is 2.86 bits per heavy atom. The number of benzene rings is 1. The van der Waals surface area contributed by atoms with Gasteiger partial charge in [-0.05, 0) is 51.8 Å². The van der Waals surface area contributed by atoms with E-state index in [0.29, 0.717) is 12.2 Å². The smallest absolute Gasteiger partial charge is 0.411 e. The zero-order valence-electron chi connectivity index (χ0n) is 13.1. The summed E-state index contributed by atoms with van der Waals surface area (Å²) in [6.45, 7) is 6.28. The monoisotopic (exact) mass is 364 g/mol. The second-order valence-corrected chi connectivity index (χ2v) is 7.25. The third kappa shape index (κ3) is 4.41. The highest BCUT2D eigenvalue weighted by molar-refractivity contribution is 9.10. The number of carbonyl (C=O) groups excluding carboxylic acids is 1. The third-order valence-corrected chi connectivity index (χ3v) is 3.76. The highest BCUT2D eigenvalue weighted by Gasteiger charge is 2.31. The SMILES string of the molecule is CC(C)(C)OC(=O)N1CCCC1C#Cc1cc(Br)ccc1N. The summed E-state index contributed by atoms with van der Waals surface area (Å²) in [7, 11) is 0. The summed E-state index contributed by atoms with van der Waals surface area (Å²) >= 11 is 3.41. The third-order valence-electron chi connectivity index (χ3n) is 3.27. The minimum Gasteiger partial charge on any atom is -0.444 e. The minimum absolute atomic E-state index is 0.117. The Bertz CT molecular complexity index is 626. The van der Waals surface area contributed by atoms with Crippen LogP contribution in [0.4, 0.5) is 10.5 Å². The van der Waals surface area contributed by atoms with Crippen molar-refractivity contribution >= 4 is 27.7 Å². The van der Waals surface area contributed by atoms with Crippen LogP contribution in [-0.4, -0.2) is 29.2 Å². The fourth-order valence-corrected chi connectivity index (χ4v) is 2.61. The van der Waals surface area contributed by atoms with Crippen LogP contribution in [0.1, 0.15) is 39.2 Å². The van der Waals surface area contributed by atoms with E-state index in [4.69, 9.17) is 10.5 Å². The first kappa shape index (κ1) is 16.7. The highest BCUT2D eigenvalue weighted by Crippen LogP contribution is 2.21. The van der Waals surface area contributed by atoms with Crippen LogP contribution in [0, 0.1) is 11.8 Å². The Hall–Kier alpha value is -1.67. The fraction of sp³-hybridized carbons (Fsp3) is 0.471. The molecule has 1 aliphatic rings. The average molecular weight is 365 g/mol. The van der Waals surface area contributed by atoms with Crippen LogP contribution in [0.15, 0.2) is 22.7 Å². The van der Waals surface area contributed by atoms with Crippen LogP contribution < -0.4 is 5.73 Å². The molecular formula is C17H21BrN2O2. The molecule has 1 saturated heterocycles. The molecule has 0 bridgehead atoms. The number of halogens is 1. The first-order chi connectivity index (χ1) is 10.3. The lowest BCUT2D eigenvalue weighted by Crippen LogP contribution is -2.39. The number of rotatable bonds is 0. The summed E-state index contributed by atoms with van der Waals surface area (Å²) in [5.74, 6) is 6.25. The summed E-state index contributed by atoms with van der Waals surface area (Å²) < 4.78 is 6.37. The Morgan fingerprint density at radius 2 is 2.18 bits per heavy atom. The van der Waals surface area contributed by atoms with Crippen molar-refractivity contribution in [1.29, 1.82) is 0 Å². The lowest BCUT2D eigenvalue weighted by Gasteiger charge is -2.26. The normalized spacial score (nSPS) is 17.8. The first-order valence-electron chi connectivity index (χ1n) is 7.32. The number of nitrogens with zero attached hydrogens (tertiary/aromatic N) is 1. The topological polar surface area (TPSA) is 55.6 Å². The molecule has 1 aliphatic heterocycles. The molecule has 1 heterocycles. The molecule has 4 nitrogen and oxygen atoms in total. The molecule has 0 spiro atoms. The predicted molar refractivity (Wildman–Crippen MR) is 91.4 cm³/mol. The first-order valence-corrected chi connectivity index (χ1v) is 8.12. The van der Waals surface area contributed by atoms with Gasteiger partial charge in [-0.3, -0.25) is 4.90 Å². The highest BCUT2D eigenvalue weighted by atomic mass is 79.9. The molecule has 0 aromatic heterocycles. The van der Waals surface area contributed by atoms with Crippen molar-refractivity contribution in [2.24, 2.45) is 0 Å². The molecule has 1 aromatic carbocycles. The molecule has 1 amide bonds. The standard InChI is InChI=1S/C17H21BrN2O2/c1-17(2,3)22-16(21)20-10-4-5-14(20)8-6-12-11-13(18)7-9-15(12)19/h7,9,11,14H,4-5,10,19H2,1-3H3. The number of nitrogens with two attached hydrogens (primary N) is 1. The molecule has 118 valence electrons. The second-order valence-electron chi connectivity index (χ2n) is 6.33. The van der Waals surface area contributed by atoms with Crippen LogP contribution in [0.25, 0.3) is 0 Å². The van der Waals surface area contributed by atoms with Gasteiger partial charge in [0, 0.05) is 22.3 Å². The molecule has 1 atom stereocenters. The van der Waals surface area contributed by atoms with Gasteiger partial charge in [-0.1, -0.05) is 27.8 Å². The maximum absolute atomic E-state index is 12.2. The van der Waals surface area contributed by atoms with Crippen LogP contribution in [-0.2, 0) is 4.74 Å². The number of anilines is 1. The minimum atomic E-state index is -0.494. The molecule has 1 aromatic rings. The van der Waals surface area contributed by atoms with Crippen molar-refractivity contribution in [3.05, 3.63) is 28.2 Å². The van der Waals surface area contributed by atoms with E-state index >= 15 is 0 Å². The molecule has 2 N–H and O–H groups in total. The lowest BCUT2D eigenvalue weighted by atomic mass is 10.1. The number of carbonyl (C=O) groups is 1. The van der Waals surface area contributed by atoms with Gasteiger partial charge in [0.1, 0.15) is 5.60 Å². The molecule has 5 heteroatoms. The Balaban J connectivity index is 2.14. The van der Waals surface area contributed by atoms with Crippen LogP contribution in [0.2, 0.25) is 0 Å². The Kier molecular flexibility index (Phi) is 5.02. The molecule has 1 fully saturated rings. The summed E-state index contributed by atoms with van der Waals surface area (Å²) in [5.41, 5.74) is 6.84. The number of hydrogen-bond acceptors (Lipinski definition) is 3. The lowest BCUT2D eigenvalue weighted by molar-refractivity contribution is 0.0261. The van der Waals surface area contributed by atoms with Gasteiger partial charge < -0.3 is 10.5 Å². The van der Waals surface area contributed by atoms with Gasteiger partial charge in [0.25, 0.3) is 0 Å². The molecule has 1 unspecified atom stereocenters. The number of hydrogen-bond donors (Lipinski definition) is 1. The average Bonchev–Trinajstić information content (AvgIpc) is 2.86. The fourth-order valence-electron chi connectivity index (χ4n) is 2.25. The largest absolute Gasteiger partial charge is 0.444 e. The summed E-state index contributed by atoms with van der Waals surface area (Å²) in [5, 5.41) is 0. The number of ether oxygens (including phenoxy) is 1. The molecular weight excluding hydrogens is 344 g/mol. The van der Waals surface area contributed by atoms with Gasteiger partial charge in [0.05, 0.1) is 6.04 Å². The van der Waals surface area contributed by atoms with Gasteiger partial charge in [0.2, 0.25) is 0 Å². The van der Waals surface area contributed by atoms with Crippen molar-refractivity contribution < 1.29 is 9.53 Å². The number of amides is 1. The van der Waals surface area contributed by atoms with Crippen molar-refractivity contribution in [3.8, 4) is 11.8 Å². The summed E-state index contributed by atoms with van der Waals surface area (Å²) in [4.78, 5) is 13.9. The maximum atomic E-state index is 12.2. The maximum Gasteiger partial charge on any atom is 0.411 e. The van der Waals surface area contributed by atoms with Gasteiger partial charge in [-0.25, -0.2) is 4.79 Å². The van der Waals surface area contributed by atoms with Crippen molar-refractivity contribution in [1.82, 2.24) is 4.90 Å². The van der Waals surface area contributed by atoms with Crippen molar-refractivity contribution in [2.75, 3.05) is 12.3 Å². The van der Waals surface area contributed by atoms with E-state index in [9.17, 15) is 4.79 Å². The van der Waals surface area contributed by atoms with E-state index in [1.807, 2.05) is 39.0 Å². The van der Waals surface area contributed by atoms with E-state index < -0.39 is 5.60 Å². The van der Waals surface area contributed by atoms with Gasteiger partial charge >= 0.3 is 6.09 Å². The van der Waals surface area contributed by atoms with E-state index in [-0.39, 0.29) is 12.1 Å². The van der Waals surface area contributed by atoms with E-state index in [2.05, 4.69) is 27.8 Å². The van der Waals surface area contributed by atoms with Gasteiger partial charge in [0.15, 0.2) is 0 Å². The molecule has 2 rings (SSSR count). The van der Waals surface area contributed by atoms with Crippen LogP contribution in [0.5, 0.6) is 0 Å². The van der Waals surface area contributed by atoms with Crippen molar-refractivity contribution in [2.45, 2.75) is 45.3 Å². The summed E-state index contributed by atoms with van der Waals surface area (Å²) in [6, 6.07) is 5.46. The Morgan fingerprint density at radius 1 is 1.45 bits per heavy atom. The van der Waals surface area contributed by atoms with Crippen LogP contribution >= 0.6 is 15.9 Å². The molecule has 0 radical (unpaired) electrons. The number of nitrogen functional groups attached to an aromatic ring is 1. The van der Waals surface area contributed by atoms with Crippen LogP contribution in [0.3, 0.4) is 0 Å². The zero-order chi connectivity index (χ0) is 16.3. The predicted octanol–water partition coefficient (Wildman–Crippen LogP) is 3.78. The molecule has 0 saturated carbocycles. The second kappa shape index (κ2) is 6.62. The van der Waals surface area contributed by atoms with E-state index in [1.54, 1.807) is 4.90 Å². The van der Waals surface area contributed by atoms with E-state index in [1.165, 1.54) is 0 Å². The van der Waals surface area contributed by atoms with Gasteiger partial charge in [-0.15, -0.1) is 0 Å². The quantitative estimate of drug-likeness (QED) is 0.562. The molecule has 0 aliphatic carbocycles. The van der Waals surface area contributed by atoms with Gasteiger partial charge in [-0.2, -0.15) is 0 Å². The van der Waals surface area contributed by atoms with E-state index in [0.717, 1.165) is 22.9 Å². The summed E-state index contributed by atoms with van der Waals surface area (Å²) in [6.07, 6.45) is 1.50. The van der Waals surface area contributed by atoms with Crippen molar-refractivity contribution in [3.63, 3.8) is 0 Å². The number of likely N-dealkylation sites (tertiary alicyclic amines) is 1. The zero-order valence-corrected chi connectivity index (χ0v) is 14.7. The molecule has 22 heavy (non-hydrogen) atoms.